The highest BCUT2D eigenvalue weighted by atomic mass is 16.2. The maximum Gasteiger partial charge on any atom is 0.333 e. The Kier molecular flexibility index (Phi) is 3.46. The molecule has 9 nitrogen and oxygen atoms in total. The highest BCUT2D eigenvalue weighted by Gasteiger charge is 2.30. The largest absolute Gasteiger partial charge is 0.333 e. The molecule has 0 aromatic carbocycles. The quantitative estimate of drug-likeness (QED) is 0.637. The minimum atomic E-state index is -1.93. The number of nitriles is 3. The third-order valence-corrected chi connectivity index (χ3v) is 2.21. The molecule has 0 aliphatic heterocycles. The highest BCUT2D eigenvalue weighted by molar-refractivity contribution is 5.25. The van der Waals surface area contributed by atoms with Crippen LogP contribution in [0.25, 0.3) is 0 Å². The van der Waals surface area contributed by atoms with E-state index in [1.54, 1.807) is 0 Å². The monoisotopic (exact) mass is 246 g/mol. The number of rotatable bonds is 3. The number of aromatic nitrogens is 3. The Hall–Kier alpha value is -3.12. The normalized spacial score (nSPS) is 10.1. The van der Waals surface area contributed by atoms with Crippen LogP contribution in [0.5, 0.6) is 0 Å². The standard InChI is InChI=1S/C9H6N6O3/c10-3-9(4-11,5-12)1-2-15-7(17)13-6(16)14-8(15)18/h1-2H2,(H2,13,14,16,17,18). The Bertz CT molecular complexity index is 677. The fraction of sp³-hybridized carbons (Fsp3) is 0.333. The van der Waals surface area contributed by atoms with Gasteiger partial charge in [-0.15, -0.1) is 0 Å². The zero-order chi connectivity index (χ0) is 13.8. The van der Waals surface area contributed by atoms with Crippen LogP contribution in [0.15, 0.2) is 14.4 Å². The first-order chi connectivity index (χ1) is 8.48. The van der Waals surface area contributed by atoms with Crippen molar-refractivity contribution >= 4 is 0 Å². The van der Waals surface area contributed by atoms with E-state index in [4.69, 9.17) is 15.8 Å². The van der Waals surface area contributed by atoms with Gasteiger partial charge in [0, 0.05) is 13.0 Å². The molecule has 0 atom stereocenters. The van der Waals surface area contributed by atoms with Gasteiger partial charge in [0.15, 0.2) is 0 Å². The third kappa shape index (κ3) is 2.34. The number of aromatic amines is 2. The van der Waals surface area contributed by atoms with Gasteiger partial charge in [0.25, 0.3) is 0 Å². The predicted molar refractivity (Wildman–Crippen MR) is 55.8 cm³/mol. The molecule has 1 heterocycles. The van der Waals surface area contributed by atoms with Crippen molar-refractivity contribution in [3.8, 4) is 18.2 Å². The number of nitrogens with zero attached hydrogens (tertiary/aromatic N) is 4. The minimum absolute atomic E-state index is 0.328. The van der Waals surface area contributed by atoms with Gasteiger partial charge in [-0.3, -0.25) is 9.97 Å². The van der Waals surface area contributed by atoms with E-state index in [0.717, 1.165) is 0 Å². The Morgan fingerprint density at radius 2 is 1.44 bits per heavy atom. The zero-order valence-corrected chi connectivity index (χ0v) is 8.93. The van der Waals surface area contributed by atoms with E-state index in [0.29, 0.717) is 4.57 Å². The Morgan fingerprint density at radius 1 is 1.00 bits per heavy atom. The van der Waals surface area contributed by atoms with Gasteiger partial charge in [-0.1, -0.05) is 0 Å². The van der Waals surface area contributed by atoms with E-state index >= 15 is 0 Å². The first-order valence-corrected chi connectivity index (χ1v) is 4.65. The maximum absolute atomic E-state index is 11.3. The molecule has 1 aromatic rings. The van der Waals surface area contributed by atoms with Crippen LogP contribution < -0.4 is 17.1 Å². The van der Waals surface area contributed by atoms with E-state index < -0.39 is 22.5 Å². The van der Waals surface area contributed by atoms with E-state index in [2.05, 4.69) is 0 Å². The van der Waals surface area contributed by atoms with E-state index in [9.17, 15) is 14.4 Å². The molecule has 9 heteroatoms. The molecule has 0 aliphatic rings. The van der Waals surface area contributed by atoms with Crippen molar-refractivity contribution in [3.63, 3.8) is 0 Å². The summed E-state index contributed by atoms with van der Waals surface area (Å²) >= 11 is 0. The number of hydrogen-bond donors (Lipinski definition) is 2. The van der Waals surface area contributed by atoms with Crippen molar-refractivity contribution in [2.24, 2.45) is 5.41 Å². The van der Waals surface area contributed by atoms with Crippen LogP contribution in [0.1, 0.15) is 6.42 Å². The van der Waals surface area contributed by atoms with Gasteiger partial charge in [0.2, 0.25) is 5.41 Å². The fourth-order valence-electron chi connectivity index (χ4n) is 1.18. The van der Waals surface area contributed by atoms with Gasteiger partial charge >= 0.3 is 17.1 Å². The summed E-state index contributed by atoms with van der Waals surface area (Å²) < 4.78 is 0.599. The van der Waals surface area contributed by atoms with Crippen LogP contribution in [-0.2, 0) is 6.54 Å². The van der Waals surface area contributed by atoms with Crippen molar-refractivity contribution in [1.29, 1.82) is 15.8 Å². The molecule has 0 unspecified atom stereocenters. The third-order valence-electron chi connectivity index (χ3n) is 2.21. The predicted octanol–water partition coefficient (Wildman–Crippen LogP) is -1.83. The summed E-state index contributed by atoms with van der Waals surface area (Å²) in [5.41, 5.74) is -4.81. The molecule has 1 aromatic heterocycles. The van der Waals surface area contributed by atoms with E-state index in [1.807, 2.05) is 9.97 Å². The fourth-order valence-corrected chi connectivity index (χ4v) is 1.18. The summed E-state index contributed by atoms with van der Waals surface area (Å²) in [6.07, 6.45) is -0.328. The van der Waals surface area contributed by atoms with Crippen LogP contribution in [0.2, 0.25) is 0 Å². The average molecular weight is 246 g/mol. The second-order valence-electron chi connectivity index (χ2n) is 3.33. The molecule has 0 spiro atoms. The molecule has 0 saturated heterocycles. The number of H-pyrrole nitrogens is 2. The van der Waals surface area contributed by atoms with Crippen molar-refractivity contribution in [2.75, 3.05) is 0 Å². The van der Waals surface area contributed by atoms with E-state index in [-0.39, 0.29) is 13.0 Å². The van der Waals surface area contributed by atoms with Crippen molar-refractivity contribution < 1.29 is 0 Å². The summed E-state index contributed by atoms with van der Waals surface area (Å²) in [4.78, 5) is 36.9. The topological polar surface area (TPSA) is 159 Å². The lowest BCUT2D eigenvalue weighted by Gasteiger charge is -2.09. The molecule has 2 N–H and O–H groups in total. The van der Waals surface area contributed by atoms with Crippen molar-refractivity contribution in [3.05, 3.63) is 31.5 Å². The summed E-state index contributed by atoms with van der Waals surface area (Å²) in [6, 6.07) is 4.54. The van der Waals surface area contributed by atoms with Crippen LogP contribution >= 0.6 is 0 Å². The molecular formula is C9H6N6O3. The molecule has 18 heavy (non-hydrogen) atoms. The first kappa shape index (κ1) is 12.9. The van der Waals surface area contributed by atoms with Gasteiger partial charge < -0.3 is 0 Å². The van der Waals surface area contributed by atoms with Gasteiger partial charge in [-0.25, -0.2) is 19.0 Å². The molecule has 1 rings (SSSR count). The lowest BCUT2D eigenvalue weighted by molar-refractivity contribution is 0.491. The van der Waals surface area contributed by atoms with Gasteiger partial charge in [0.05, 0.1) is 0 Å². The number of hydrogen-bond acceptors (Lipinski definition) is 6. The van der Waals surface area contributed by atoms with Crippen molar-refractivity contribution in [2.45, 2.75) is 13.0 Å². The molecular weight excluding hydrogens is 240 g/mol. The summed E-state index contributed by atoms with van der Waals surface area (Å²) in [5.74, 6) is 0. The Morgan fingerprint density at radius 3 is 1.83 bits per heavy atom. The van der Waals surface area contributed by atoms with Crippen LogP contribution in [0, 0.1) is 39.4 Å². The minimum Gasteiger partial charge on any atom is -0.259 e. The maximum atomic E-state index is 11.3. The zero-order valence-electron chi connectivity index (χ0n) is 8.93. The van der Waals surface area contributed by atoms with Crippen molar-refractivity contribution in [1.82, 2.24) is 14.5 Å². The lowest BCUT2D eigenvalue weighted by Crippen LogP contribution is -2.43. The van der Waals surface area contributed by atoms with Crippen LogP contribution in [0.4, 0.5) is 0 Å². The Labute approximate surface area is 99.2 Å². The van der Waals surface area contributed by atoms with Gasteiger partial charge in [-0.2, -0.15) is 15.8 Å². The van der Waals surface area contributed by atoms with Crippen LogP contribution in [0.3, 0.4) is 0 Å². The molecule has 0 saturated carbocycles. The number of nitrogens with one attached hydrogen (secondary N) is 2. The summed E-state index contributed by atoms with van der Waals surface area (Å²) in [6.45, 7) is -0.334. The lowest BCUT2D eigenvalue weighted by atomic mass is 9.90. The van der Waals surface area contributed by atoms with Gasteiger partial charge in [0.1, 0.15) is 18.2 Å². The average Bonchev–Trinajstić information content (AvgIpc) is 2.33. The summed E-state index contributed by atoms with van der Waals surface area (Å²) in [5, 5.41) is 26.1. The van der Waals surface area contributed by atoms with Crippen LogP contribution in [-0.4, -0.2) is 14.5 Å². The van der Waals surface area contributed by atoms with Gasteiger partial charge in [-0.05, 0) is 0 Å². The summed E-state index contributed by atoms with van der Waals surface area (Å²) in [7, 11) is 0. The van der Waals surface area contributed by atoms with E-state index in [1.165, 1.54) is 18.2 Å². The Balaban J connectivity index is 3.11. The second kappa shape index (κ2) is 4.81. The SMILES string of the molecule is N#CC(C#N)(C#N)CCn1c(=O)[nH]c(=O)[nH]c1=O. The smallest absolute Gasteiger partial charge is 0.259 e. The molecule has 0 aliphatic carbocycles. The molecule has 0 bridgehead atoms. The molecule has 0 fully saturated rings. The molecule has 0 radical (unpaired) electrons. The highest BCUT2D eigenvalue weighted by Crippen LogP contribution is 2.18. The first-order valence-electron chi connectivity index (χ1n) is 4.65. The molecule has 90 valence electrons. The second-order valence-corrected chi connectivity index (χ2v) is 3.33. The molecule has 0 amide bonds.